The molecule has 0 radical (unpaired) electrons. The number of carbonyl (C=O) groups is 1. The minimum absolute atomic E-state index is 0.0236. The number of anilines is 1. The molecule has 0 aliphatic carbocycles. The van der Waals surface area contributed by atoms with E-state index in [0.717, 1.165) is 5.56 Å². The van der Waals surface area contributed by atoms with Crippen LogP contribution in [0.2, 0.25) is 0 Å². The zero-order valence-corrected chi connectivity index (χ0v) is 18.8. The summed E-state index contributed by atoms with van der Waals surface area (Å²) >= 11 is 0. The maximum atomic E-state index is 11.8. The van der Waals surface area contributed by atoms with Crippen LogP contribution in [0.1, 0.15) is 27.0 Å². The number of aromatic carboxylic acids is 1. The van der Waals surface area contributed by atoms with Crippen LogP contribution in [0.4, 0.5) is 5.82 Å². The van der Waals surface area contributed by atoms with E-state index < -0.39 is 11.6 Å². The summed E-state index contributed by atoms with van der Waals surface area (Å²) in [4.78, 5) is 22.5. The maximum absolute atomic E-state index is 11.8. The molecule has 2 N–H and O–H groups in total. The van der Waals surface area contributed by atoms with Crippen molar-refractivity contribution in [2.45, 2.75) is 5.60 Å². The Bertz CT molecular complexity index is 1230. The fourth-order valence-electron chi connectivity index (χ4n) is 3.95. The molecule has 0 spiro atoms. The van der Waals surface area contributed by atoms with E-state index in [2.05, 4.69) is 10.5 Å². The van der Waals surface area contributed by atoms with E-state index >= 15 is 0 Å². The lowest BCUT2D eigenvalue weighted by Gasteiger charge is -2.36. The second-order valence-corrected chi connectivity index (χ2v) is 7.36. The molecule has 0 aliphatic rings. The van der Waals surface area contributed by atoms with Gasteiger partial charge >= 0.3 is 5.97 Å². The van der Waals surface area contributed by atoms with Crippen molar-refractivity contribution in [3.63, 3.8) is 0 Å². The van der Waals surface area contributed by atoms with E-state index in [1.54, 1.807) is 20.3 Å². The Morgan fingerprint density at radius 3 is 1.91 bits per heavy atom. The highest BCUT2D eigenvalue weighted by atomic mass is 16.7. The number of pyridine rings is 1. The molecule has 7 heteroatoms. The van der Waals surface area contributed by atoms with Crippen molar-refractivity contribution in [1.29, 1.82) is 0 Å². The highest BCUT2D eigenvalue weighted by Gasteiger charge is 2.43. The number of benzene rings is 3. The predicted molar refractivity (Wildman–Crippen MR) is 128 cm³/mol. The number of para-hydroxylation sites is 2. The summed E-state index contributed by atoms with van der Waals surface area (Å²) in [6.45, 7) is 0. The van der Waals surface area contributed by atoms with Crippen LogP contribution in [-0.2, 0) is 10.4 Å². The number of rotatable bonds is 9. The van der Waals surface area contributed by atoms with Crippen LogP contribution in [0.15, 0.2) is 97.2 Å². The molecule has 0 unspecified atom stereocenters. The number of aromatic nitrogens is 1. The first-order valence-electron chi connectivity index (χ1n) is 10.6. The first-order chi connectivity index (χ1) is 16.6. The van der Waals surface area contributed by atoms with Gasteiger partial charge in [-0.3, -0.25) is 4.84 Å². The van der Waals surface area contributed by atoms with Gasteiger partial charge in [0, 0.05) is 17.3 Å². The highest BCUT2D eigenvalue weighted by Crippen LogP contribution is 2.47. The van der Waals surface area contributed by atoms with Gasteiger partial charge in [-0.25, -0.2) is 15.3 Å². The molecule has 0 saturated carbocycles. The molecule has 4 aromatic rings. The third-order valence-electron chi connectivity index (χ3n) is 5.49. The summed E-state index contributed by atoms with van der Waals surface area (Å²) in [6.07, 6.45) is 1.49. The number of nitrogens with zero attached hydrogens (tertiary/aromatic N) is 1. The summed E-state index contributed by atoms with van der Waals surface area (Å²) in [5.41, 5.74) is 3.65. The van der Waals surface area contributed by atoms with Gasteiger partial charge in [-0.05, 0) is 29.8 Å². The second-order valence-electron chi connectivity index (χ2n) is 7.36. The van der Waals surface area contributed by atoms with Gasteiger partial charge in [0.15, 0.2) is 11.4 Å². The summed E-state index contributed by atoms with van der Waals surface area (Å²) in [5, 5.41) is 9.63. The standard InChI is InChI=1S/C27H24N2O5/c1-32-23-16-8-6-14-21(23)27(19-11-4-3-5-12-19,22-15-7-9-17-24(22)33-2)34-29-25-20(26(30)31)13-10-18-28-25/h3-18H,1-2H3,(H,28,29)(H,30,31). The van der Waals surface area contributed by atoms with Crippen molar-refractivity contribution < 1.29 is 24.2 Å². The van der Waals surface area contributed by atoms with Crippen LogP contribution in [-0.4, -0.2) is 30.3 Å². The minimum Gasteiger partial charge on any atom is -0.496 e. The third kappa shape index (κ3) is 4.16. The highest BCUT2D eigenvalue weighted by molar-refractivity contribution is 5.92. The summed E-state index contributed by atoms with van der Waals surface area (Å²) in [5.74, 6) is 0.108. The first-order valence-corrected chi connectivity index (χ1v) is 10.6. The van der Waals surface area contributed by atoms with E-state index in [-0.39, 0.29) is 11.4 Å². The van der Waals surface area contributed by atoms with Gasteiger partial charge in [0.05, 0.1) is 14.2 Å². The van der Waals surface area contributed by atoms with Crippen LogP contribution in [0.5, 0.6) is 11.5 Å². The van der Waals surface area contributed by atoms with Gasteiger partial charge in [0.2, 0.25) is 0 Å². The lowest BCUT2D eigenvalue weighted by Crippen LogP contribution is -2.36. The lowest BCUT2D eigenvalue weighted by atomic mass is 9.79. The van der Waals surface area contributed by atoms with Gasteiger partial charge in [-0.15, -0.1) is 0 Å². The van der Waals surface area contributed by atoms with Crippen LogP contribution < -0.4 is 15.0 Å². The fourth-order valence-corrected chi connectivity index (χ4v) is 3.95. The molecule has 0 bridgehead atoms. The predicted octanol–water partition coefficient (Wildman–Crippen LogP) is 5.13. The fraction of sp³-hybridized carbons (Fsp3) is 0.111. The largest absolute Gasteiger partial charge is 0.496 e. The molecule has 172 valence electrons. The Kier molecular flexibility index (Phi) is 6.75. The summed E-state index contributed by atoms with van der Waals surface area (Å²) < 4.78 is 11.4. The van der Waals surface area contributed by atoms with E-state index in [9.17, 15) is 9.90 Å². The summed E-state index contributed by atoms with van der Waals surface area (Å²) in [6, 6.07) is 27.6. The van der Waals surface area contributed by atoms with Crippen molar-refractivity contribution in [3.05, 3.63) is 119 Å². The van der Waals surface area contributed by atoms with Gasteiger partial charge in [-0.2, -0.15) is 0 Å². The van der Waals surface area contributed by atoms with E-state index in [4.69, 9.17) is 14.3 Å². The molecule has 0 fully saturated rings. The number of nitrogens with one attached hydrogen (secondary N) is 1. The molecule has 34 heavy (non-hydrogen) atoms. The average molecular weight is 456 g/mol. The topological polar surface area (TPSA) is 89.9 Å². The van der Waals surface area contributed by atoms with Crippen molar-refractivity contribution in [2.24, 2.45) is 0 Å². The average Bonchev–Trinajstić information content (AvgIpc) is 2.90. The third-order valence-corrected chi connectivity index (χ3v) is 5.49. The Hall–Kier alpha value is -4.36. The van der Waals surface area contributed by atoms with Crippen molar-refractivity contribution >= 4 is 11.8 Å². The number of carboxylic acid groups (broad SMARTS) is 1. The molecule has 1 aromatic heterocycles. The molecule has 1 heterocycles. The van der Waals surface area contributed by atoms with Crippen LogP contribution in [0.25, 0.3) is 0 Å². The van der Waals surface area contributed by atoms with E-state index in [1.165, 1.54) is 12.3 Å². The zero-order valence-electron chi connectivity index (χ0n) is 18.8. The van der Waals surface area contributed by atoms with Crippen LogP contribution in [0, 0.1) is 0 Å². The number of hydrogen-bond donors (Lipinski definition) is 2. The number of hydrogen-bond acceptors (Lipinski definition) is 6. The SMILES string of the molecule is COc1ccccc1C(ONc1ncccc1C(=O)O)(c1ccccc1)c1ccccc1OC. The van der Waals surface area contributed by atoms with Crippen LogP contribution >= 0.6 is 0 Å². The molecule has 0 saturated heterocycles. The normalized spacial score (nSPS) is 11.0. The molecular formula is C27H24N2O5. The Morgan fingerprint density at radius 1 is 0.794 bits per heavy atom. The molecule has 7 nitrogen and oxygen atoms in total. The molecular weight excluding hydrogens is 432 g/mol. The number of ether oxygens (including phenoxy) is 2. The molecule has 4 rings (SSSR count). The van der Waals surface area contributed by atoms with Crippen molar-refractivity contribution in [1.82, 2.24) is 4.98 Å². The Balaban J connectivity index is 2.01. The zero-order chi connectivity index (χ0) is 24.0. The van der Waals surface area contributed by atoms with Gasteiger partial charge in [0.1, 0.15) is 17.1 Å². The monoisotopic (exact) mass is 456 g/mol. The van der Waals surface area contributed by atoms with Gasteiger partial charge < -0.3 is 14.6 Å². The molecule has 3 aromatic carbocycles. The molecule has 0 amide bonds. The van der Waals surface area contributed by atoms with E-state index in [1.807, 2.05) is 78.9 Å². The minimum atomic E-state index is -1.30. The Labute approximate surface area is 197 Å². The number of methoxy groups -OCH3 is 2. The second kappa shape index (κ2) is 10.1. The quantitative estimate of drug-likeness (QED) is 0.266. The summed E-state index contributed by atoms with van der Waals surface area (Å²) in [7, 11) is 3.18. The lowest BCUT2D eigenvalue weighted by molar-refractivity contribution is 0.0498. The molecule has 0 aliphatic heterocycles. The number of carboxylic acids is 1. The van der Waals surface area contributed by atoms with E-state index in [0.29, 0.717) is 22.6 Å². The molecule has 0 atom stereocenters. The van der Waals surface area contributed by atoms with Gasteiger partial charge in [0.25, 0.3) is 0 Å². The smallest absolute Gasteiger partial charge is 0.339 e. The van der Waals surface area contributed by atoms with Crippen molar-refractivity contribution in [2.75, 3.05) is 19.7 Å². The first kappa shape index (κ1) is 22.8. The van der Waals surface area contributed by atoms with Gasteiger partial charge in [-0.1, -0.05) is 66.7 Å². The Morgan fingerprint density at radius 2 is 1.35 bits per heavy atom. The van der Waals surface area contributed by atoms with Crippen LogP contribution in [0.3, 0.4) is 0 Å². The maximum Gasteiger partial charge on any atom is 0.339 e. The van der Waals surface area contributed by atoms with Crippen molar-refractivity contribution in [3.8, 4) is 11.5 Å².